The smallest absolute Gasteiger partial charge is 0.119 e. The maximum atomic E-state index is 11.2. The van der Waals surface area contributed by atoms with E-state index >= 15 is 0 Å². The van der Waals surface area contributed by atoms with Crippen LogP contribution in [0.5, 0.6) is 5.75 Å². The number of nitrogens with zero attached hydrogens (tertiary/aromatic N) is 2. The lowest BCUT2D eigenvalue weighted by atomic mass is 9.86. The van der Waals surface area contributed by atoms with Crippen molar-refractivity contribution < 1.29 is 14.6 Å². The molecule has 4 aromatic rings. The SMILES string of the molecule is CCC1(O)CCOCc2cn3cc4cc5cc(OC)ccc5nc4c3cc21. The summed E-state index contributed by atoms with van der Waals surface area (Å²) in [6, 6.07) is 10.2. The van der Waals surface area contributed by atoms with Gasteiger partial charge in [0.2, 0.25) is 0 Å². The third-order valence-corrected chi connectivity index (χ3v) is 5.78. The molecular formula is C22H22N2O3. The van der Waals surface area contributed by atoms with Crippen LogP contribution in [-0.4, -0.2) is 28.2 Å². The number of methoxy groups -OCH3 is 1. The molecule has 0 saturated heterocycles. The molecule has 4 heterocycles. The van der Waals surface area contributed by atoms with Crippen LogP contribution in [0.1, 0.15) is 30.9 Å². The molecular weight excluding hydrogens is 340 g/mol. The van der Waals surface area contributed by atoms with E-state index in [0.29, 0.717) is 26.1 Å². The van der Waals surface area contributed by atoms with Crippen molar-refractivity contribution in [2.24, 2.45) is 0 Å². The van der Waals surface area contributed by atoms with E-state index in [1.165, 1.54) is 0 Å². The van der Waals surface area contributed by atoms with Crippen molar-refractivity contribution in [1.82, 2.24) is 9.38 Å². The van der Waals surface area contributed by atoms with E-state index < -0.39 is 5.60 Å². The van der Waals surface area contributed by atoms with Crippen molar-refractivity contribution >= 4 is 27.3 Å². The molecule has 1 aliphatic rings. The number of aromatic nitrogens is 2. The van der Waals surface area contributed by atoms with Gasteiger partial charge in [0.25, 0.3) is 0 Å². The van der Waals surface area contributed by atoms with E-state index in [9.17, 15) is 5.11 Å². The Kier molecular flexibility index (Phi) is 3.64. The van der Waals surface area contributed by atoms with Gasteiger partial charge in [0.05, 0.1) is 42.5 Å². The first-order chi connectivity index (χ1) is 13.1. The zero-order valence-electron chi connectivity index (χ0n) is 15.5. The second-order valence-corrected chi connectivity index (χ2v) is 7.31. The molecule has 1 atom stereocenters. The van der Waals surface area contributed by atoms with Crippen molar-refractivity contribution in [3.8, 4) is 5.75 Å². The number of hydrogen-bond donors (Lipinski definition) is 1. The molecule has 5 nitrogen and oxygen atoms in total. The zero-order valence-corrected chi connectivity index (χ0v) is 15.5. The Morgan fingerprint density at radius 3 is 2.93 bits per heavy atom. The van der Waals surface area contributed by atoms with Crippen molar-refractivity contribution in [2.75, 3.05) is 13.7 Å². The molecule has 27 heavy (non-hydrogen) atoms. The molecule has 1 aliphatic heterocycles. The molecule has 0 fully saturated rings. The monoisotopic (exact) mass is 362 g/mol. The number of benzene rings is 1. The molecule has 0 radical (unpaired) electrons. The molecule has 138 valence electrons. The van der Waals surface area contributed by atoms with Crippen molar-refractivity contribution in [3.05, 3.63) is 53.9 Å². The van der Waals surface area contributed by atoms with E-state index in [-0.39, 0.29) is 0 Å². The maximum Gasteiger partial charge on any atom is 0.119 e. The quantitative estimate of drug-likeness (QED) is 0.582. The first kappa shape index (κ1) is 16.5. The molecule has 1 unspecified atom stereocenters. The molecule has 5 heteroatoms. The summed E-state index contributed by atoms with van der Waals surface area (Å²) in [5.41, 5.74) is 4.03. The summed E-state index contributed by atoms with van der Waals surface area (Å²) in [5, 5.41) is 13.3. The first-order valence-corrected chi connectivity index (χ1v) is 9.34. The highest BCUT2D eigenvalue weighted by Crippen LogP contribution is 2.37. The highest BCUT2D eigenvalue weighted by Gasteiger charge is 2.32. The minimum Gasteiger partial charge on any atom is -0.497 e. The summed E-state index contributed by atoms with van der Waals surface area (Å²) >= 11 is 0. The van der Waals surface area contributed by atoms with Crippen LogP contribution in [0, 0.1) is 0 Å². The number of hydrogen-bond acceptors (Lipinski definition) is 4. The molecule has 0 bridgehead atoms. The maximum absolute atomic E-state index is 11.2. The molecule has 5 rings (SSSR count). The Labute approximate surface area is 157 Å². The Morgan fingerprint density at radius 1 is 1.22 bits per heavy atom. The Bertz CT molecular complexity index is 1180. The average molecular weight is 362 g/mol. The van der Waals surface area contributed by atoms with Crippen LogP contribution in [0.4, 0.5) is 0 Å². The van der Waals surface area contributed by atoms with Crippen LogP contribution >= 0.6 is 0 Å². The fraction of sp³-hybridized carbons (Fsp3) is 0.318. The average Bonchev–Trinajstić information content (AvgIpc) is 2.95. The summed E-state index contributed by atoms with van der Waals surface area (Å²) in [4.78, 5) is 4.90. The summed E-state index contributed by atoms with van der Waals surface area (Å²) < 4.78 is 13.2. The molecule has 3 aromatic heterocycles. The van der Waals surface area contributed by atoms with Gasteiger partial charge in [-0.25, -0.2) is 4.98 Å². The van der Waals surface area contributed by atoms with Crippen LogP contribution in [0.3, 0.4) is 0 Å². The summed E-state index contributed by atoms with van der Waals surface area (Å²) in [5.74, 6) is 0.823. The Hall–Kier alpha value is -2.63. The van der Waals surface area contributed by atoms with Crippen LogP contribution in [0.25, 0.3) is 27.3 Å². The third-order valence-electron chi connectivity index (χ3n) is 5.78. The van der Waals surface area contributed by atoms with Crippen LogP contribution in [-0.2, 0) is 16.9 Å². The predicted molar refractivity (Wildman–Crippen MR) is 105 cm³/mol. The summed E-state index contributed by atoms with van der Waals surface area (Å²) in [6.07, 6.45) is 5.44. The molecule has 0 amide bonds. The van der Waals surface area contributed by atoms with Crippen molar-refractivity contribution in [2.45, 2.75) is 32.0 Å². The van der Waals surface area contributed by atoms with Gasteiger partial charge in [-0.05, 0) is 42.3 Å². The lowest BCUT2D eigenvalue weighted by Gasteiger charge is -2.27. The Balaban J connectivity index is 1.80. The van der Waals surface area contributed by atoms with E-state index in [2.05, 4.69) is 28.9 Å². The second-order valence-electron chi connectivity index (χ2n) is 7.31. The lowest BCUT2D eigenvalue weighted by Crippen LogP contribution is -2.26. The fourth-order valence-electron chi connectivity index (χ4n) is 4.13. The standard InChI is InChI=1S/C22H22N2O3/c1-3-22(25)6-7-27-13-16-12-24-11-15-8-14-9-17(26-2)4-5-19(14)23-21(15)20(24)10-18(16)22/h4-5,8-12,25H,3,6-7,13H2,1-2H3. The van der Waals surface area contributed by atoms with E-state index in [1.807, 2.05) is 25.1 Å². The van der Waals surface area contributed by atoms with Gasteiger partial charge in [0, 0.05) is 35.2 Å². The van der Waals surface area contributed by atoms with Gasteiger partial charge < -0.3 is 19.0 Å². The van der Waals surface area contributed by atoms with Crippen LogP contribution in [0.2, 0.25) is 0 Å². The number of pyridine rings is 2. The van der Waals surface area contributed by atoms with Crippen LogP contribution in [0.15, 0.2) is 42.7 Å². The minimum atomic E-state index is -0.853. The minimum absolute atomic E-state index is 0.523. The lowest BCUT2D eigenvalue weighted by molar-refractivity contribution is 0.00232. The van der Waals surface area contributed by atoms with Crippen molar-refractivity contribution in [3.63, 3.8) is 0 Å². The number of rotatable bonds is 2. The van der Waals surface area contributed by atoms with Gasteiger partial charge in [0.15, 0.2) is 0 Å². The van der Waals surface area contributed by atoms with Gasteiger partial charge >= 0.3 is 0 Å². The molecule has 1 aromatic carbocycles. The fourth-order valence-corrected chi connectivity index (χ4v) is 4.13. The molecule has 1 N–H and O–H groups in total. The topological polar surface area (TPSA) is 56.0 Å². The van der Waals surface area contributed by atoms with Crippen LogP contribution < -0.4 is 4.74 Å². The van der Waals surface area contributed by atoms with E-state index in [1.54, 1.807) is 7.11 Å². The van der Waals surface area contributed by atoms with Gasteiger partial charge in [-0.3, -0.25) is 0 Å². The third kappa shape index (κ3) is 2.50. The number of aliphatic hydroxyl groups is 1. The first-order valence-electron chi connectivity index (χ1n) is 9.34. The number of ether oxygens (including phenoxy) is 2. The normalized spacial score (nSPS) is 20.1. The van der Waals surface area contributed by atoms with E-state index in [4.69, 9.17) is 14.5 Å². The molecule has 0 aliphatic carbocycles. The highest BCUT2D eigenvalue weighted by atomic mass is 16.5. The van der Waals surface area contributed by atoms with Gasteiger partial charge in [-0.15, -0.1) is 0 Å². The second kappa shape index (κ2) is 5.94. The largest absolute Gasteiger partial charge is 0.497 e. The summed E-state index contributed by atoms with van der Waals surface area (Å²) in [7, 11) is 1.67. The molecule has 0 saturated carbocycles. The van der Waals surface area contributed by atoms with Gasteiger partial charge in [-0.2, -0.15) is 0 Å². The Morgan fingerprint density at radius 2 is 2.11 bits per heavy atom. The molecule has 0 spiro atoms. The number of fused-ring (bicyclic) bond motifs is 5. The predicted octanol–water partition coefficient (Wildman–Crippen LogP) is 4.17. The van der Waals surface area contributed by atoms with Gasteiger partial charge in [0.1, 0.15) is 5.75 Å². The zero-order chi connectivity index (χ0) is 18.6. The van der Waals surface area contributed by atoms with Crippen molar-refractivity contribution in [1.29, 1.82) is 0 Å². The van der Waals surface area contributed by atoms with Gasteiger partial charge in [-0.1, -0.05) is 6.92 Å². The highest BCUT2D eigenvalue weighted by molar-refractivity contribution is 6.01. The summed E-state index contributed by atoms with van der Waals surface area (Å²) in [6.45, 7) is 3.11. The van der Waals surface area contributed by atoms with E-state index in [0.717, 1.165) is 44.2 Å².